The van der Waals surface area contributed by atoms with E-state index in [4.69, 9.17) is 4.74 Å². The van der Waals surface area contributed by atoms with Crippen LogP contribution in [0.15, 0.2) is 29.2 Å². The molecule has 0 aliphatic carbocycles. The first kappa shape index (κ1) is 20.9. The average molecular weight is 383 g/mol. The fourth-order valence-corrected chi connectivity index (χ4v) is 4.12. The molecule has 6 nitrogen and oxygen atoms in total. The van der Waals surface area contributed by atoms with Gasteiger partial charge in [-0.25, -0.2) is 8.42 Å². The Labute approximate surface area is 156 Å². The number of nitrogens with zero attached hydrogens (tertiary/aromatic N) is 1. The Balaban J connectivity index is 2.03. The van der Waals surface area contributed by atoms with Crippen LogP contribution in [0, 0.1) is 5.92 Å². The number of benzene rings is 1. The normalized spacial score (nSPS) is 17.2. The van der Waals surface area contributed by atoms with Crippen molar-refractivity contribution in [1.29, 1.82) is 0 Å². The smallest absolute Gasteiger partial charge is 0.251 e. The maximum Gasteiger partial charge on any atom is 0.251 e. The Morgan fingerprint density at radius 3 is 2.23 bits per heavy atom. The molecule has 1 aliphatic heterocycles. The van der Waals surface area contributed by atoms with Crippen molar-refractivity contribution in [2.75, 3.05) is 39.1 Å². The standard InChI is InChI=1S/C19H30N2O4S/c1-4-15(5-2)18(21-10-12-25-13-11-21)14-20-19(22)16-6-8-17(9-7-16)26(3,23)24/h6-9,15,18H,4-5,10-14H2,1-3H3,(H,20,22). The highest BCUT2D eigenvalue weighted by molar-refractivity contribution is 7.90. The molecule has 146 valence electrons. The molecule has 0 radical (unpaired) electrons. The summed E-state index contributed by atoms with van der Waals surface area (Å²) >= 11 is 0. The first-order valence-electron chi connectivity index (χ1n) is 9.27. The lowest BCUT2D eigenvalue weighted by Crippen LogP contribution is -2.52. The van der Waals surface area contributed by atoms with E-state index in [-0.39, 0.29) is 16.8 Å². The van der Waals surface area contributed by atoms with E-state index in [1.165, 1.54) is 12.1 Å². The van der Waals surface area contributed by atoms with E-state index in [9.17, 15) is 13.2 Å². The molecule has 0 spiro atoms. The largest absolute Gasteiger partial charge is 0.379 e. The van der Waals surface area contributed by atoms with Crippen LogP contribution >= 0.6 is 0 Å². The highest BCUT2D eigenvalue weighted by atomic mass is 32.2. The molecule has 1 saturated heterocycles. The zero-order valence-corrected chi connectivity index (χ0v) is 16.7. The number of carbonyl (C=O) groups is 1. The van der Waals surface area contributed by atoms with Crippen LogP contribution in [0.5, 0.6) is 0 Å². The number of morpholine rings is 1. The van der Waals surface area contributed by atoms with Gasteiger partial charge < -0.3 is 10.1 Å². The van der Waals surface area contributed by atoms with Gasteiger partial charge in [0.2, 0.25) is 0 Å². The highest BCUT2D eigenvalue weighted by Gasteiger charge is 2.27. The van der Waals surface area contributed by atoms with Gasteiger partial charge in [0.25, 0.3) is 5.91 Å². The van der Waals surface area contributed by atoms with Crippen molar-refractivity contribution in [3.05, 3.63) is 29.8 Å². The Morgan fingerprint density at radius 1 is 1.15 bits per heavy atom. The second-order valence-corrected chi connectivity index (χ2v) is 8.81. The van der Waals surface area contributed by atoms with Crippen LogP contribution in [0.2, 0.25) is 0 Å². The summed E-state index contributed by atoms with van der Waals surface area (Å²) in [5.41, 5.74) is 0.475. The molecule has 1 fully saturated rings. The van der Waals surface area contributed by atoms with Crippen molar-refractivity contribution < 1.29 is 17.9 Å². The number of nitrogens with one attached hydrogen (secondary N) is 1. The molecule has 1 unspecified atom stereocenters. The molecule has 1 N–H and O–H groups in total. The first-order valence-corrected chi connectivity index (χ1v) is 11.2. The van der Waals surface area contributed by atoms with E-state index in [1.807, 2.05) is 0 Å². The summed E-state index contributed by atoms with van der Waals surface area (Å²) in [5, 5.41) is 3.03. The van der Waals surface area contributed by atoms with Gasteiger partial charge in [-0.2, -0.15) is 0 Å². The van der Waals surface area contributed by atoms with Crippen LogP contribution in [-0.4, -0.2) is 64.4 Å². The highest BCUT2D eigenvalue weighted by Crippen LogP contribution is 2.20. The Kier molecular flexibility index (Phi) is 7.61. The number of sulfone groups is 1. The van der Waals surface area contributed by atoms with Gasteiger partial charge in [-0.05, 0) is 30.2 Å². The molecule has 26 heavy (non-hydrogen) atoms. The zero-order chi connectivity index (χ0) is 19.2. The van der Waals surface area contributed by atoms with E-state index >= 15 is 0 Å². The monoisotopic (exact) mass is 382 g/mol. The third-order valence-corrected chi connectivity index (χ3v) is 6.25. The van der Waals surface area contributed by atoms with E-state index < -0.39 is 9.84 Å². The molecular weight excluding hydrogens is 352 g/mol. The number of amides is 1. The van der Waals surface area contributed by atoms with Crippen LogP contribution in [0.4, 0.5) is 0 Å². The molecule has 0 bridgehead atoms. The van der Waals surface area contributed by atoms with E-state index in [0.717, 1.165) is 45.4 Å². The summed E-state index contributed by atoms with van der Waals surface area (Å²) < 4.78 is 28.5. The minimum atomic E-state index is -3.25. The number of ether oxygens (including phenoxy) is 1. The van der Waals surface area contributed by atoms with Gasteiger partial charge in [-0.3, -0.25) is 9.69 Å². The predicted octanol–water partition coefficient (Wildman–Crippen LogP) is 1.96. The molecule has 7 heteroatoms. The predicted molar refractivity (Wildman–Crippen MR) is 102 cm³/mol. The second kappa shape index (κ2) is 9.48. The van der Waals surface area contributed by atoms with Crippen LogP contribution in [0.1, 0.15) is 37.0 Å². The van der Waals surface area contributed by atoms with Crippen molar-refractivity contribution in [1.82, 2.24) is 10.2 Å². The fraction of sp³-hybridized carbons (Fsp3) is 0.632. The average Bonchev–Trinajstić information content (AvgIpc) is 2.65. The SMILES string of the molecule is CCC(CC)C(CNC(=O)c1ccc(S(C)(=O)=O)cc1)N1CCOCC1. The minimum Gasteiger partial charge on any atom is -0.379 e. The summed E-state index contributed by atoms with van der Waals surface area (Å²) in [4.78, 5) is 15.1. The molecule has 1 atom stereocenters. The Hall–Kier alpha value is -1.44. The molecule has 1 heterocycles. The van der Waals surface area contributed by atoms with Gasteiger partial charge in [0.05, 0.1) is 18.1 Å². The first-order chi connectivity index (χ1) is 12.4. The lowest BCUT2D eigenvalue weighted by atomic mass is 9.92. The summed E-state index contributed by atoms with van der Waals surface area (Å²) in [7, 11) is -3.25. The van der Waals surface area contributed by atoms with E-state index in [1.54, 1.807) is 12.1 Å². The molecule has 1 amide bonds. The fourth-order valence-electron chi connectivity index (χ4n) is 3.49. The van der Waals surface area contributed by atoms with Gasteiger partial charge in [0.15, 0.2) is 9.84 Å². The van der Waals surface area contributed by atoms with Crippen LogP contribution in [0.25, 0.3) is 0 Å². The van der Waals surface area contributed by atoms with Crippen molar-refractivity contribution in [3.63, 3.8) is 0 Å². The molecule has 0 saturated carbocycles. The number of rotatable bonds is 8. The summed E-state index contributed by atoms with van der Waals surface area (Å²) in [6, 6.07) is 6.36. The topological polar surface area (TPSA) is 75.7 Å². The Bertz CT molecular complexity index is 678. The molecule has 0 aromatic heterocycles. The third kappa shape index (κ3) is 5.53. The number of hydrogen-bond donors (Lipinski definition) is 1. The van der Waals surface area contributed by atoms with Gasteiger partial charge in [0, 0.05) is 37.5 Å². The minimum absolute atomic E-state index is 0.172. The van der Waals surface area contributed by atoms with Gasteiger partial charge in [0.1, 0.15) is 0 Å². The van der Waals surface area contributed by atoms with Crippen molar-refractivity contribution >= 4 is 15.7 Å². The second-order valence-electron chi connectivity index (χ2n) is 6.80. The summed E-state index contributed by atoms with van der Waals surface area (Å²) in [6.45, 7) is 8.20. The number of hydrogen-bond acceptors (Lipinski definition) is 5. The van der Waals surface area contributed by atoms with Gasteiger partial charge in [-0.15, -0.1) is 0 Å². The Morgan fingerprint density at radius 2 is 1.73 bits per heavy atom. The maximum absolute atomic E-state index is 12.5. The van der Waals surface area contributed by atoms with Gasteiger partial charge in [-0.1, -0.05) is 26.7 Å². The lowest BCUT2D eigenvalue weighted by Gasteiger charge is -2.38. The third-order valence-electron chi connectivity index (χ3n) is 5.12. The summed E-state index contributed by atoms with van der Waals surface area (Å²) in [5.74, 6) is 0.343. The van der Waals surface area contributed by atoms with Crippen LogP contribution < -0.4 is 5.32 Å². The van der Waals surface area contributed by atoms with Crippen LogP contribution in [-0.2, 0) is 14.6 Å². The zero-order valence-electron chi connectivity index (χ0n) is 15.9. The van der Waals surface area contributed by atoms with Crippen LogP contribution in [0.3, 0.4) is 0 Å². The molecule has 2 rings (SSSR count). The van der Waals surface area contributed by atoms with E-state index in [0.29, 0.717) is 18.0 Å². The van der Waals surface area contributed by atoms with E-state index in [2.05, 4.69) is 24.1 Å². The maximum atomic E-state index is 12.5. The molecule has 1 aliphatic rings. The van der Waals surface area contributed by atoms with Gasteiger partial charge >= 0.3 is 0 Å². The molecule has 1 aromatic carbocycles. The lowest BCUT2D eigenvalue weighted by molar-refractivity contribution is 0.00191. The molecule has 1 aromatic rings. The quantitative estimate of drug-likeness (QED) is 0.744. The molecular formula is C19H30N2O4S. The van der Waals surface area contributed by atoms with Crippen molar-refractivity contribution in [2.45, 2.75) is 37.6 Å². The van der Waals surface area contributed by atoms with Crippen molar-refractivity contribution in [2.24, 2.45) is 5.92 Å². The number of carbonyl (C=O) groups excluding carboxylic acids is 1. The summed E-state index contributed by atoms with van der Waals surface area (Å²) in [6.07, 6.45) is 3.29. The van der Waals surface area contributed by atoms with Crippen molar-refractivity contribution in [3.8, 4) is 0 Å².